The molecule has 0 bridgehead atoms. The average Bonchev–Trinajstić information content (AvgIpc) is 3.48. The van der Waals surface area contributed by atoms with E-state index in [2.05, 4.69) is 85.2 Å². The third kappa shape index (κ3) is 8.55. The maximum Gasteiger partial charge on any atom is 0.410 e. The summed E-state index contributed by atoms with van der Waals surface area (Å²) in [5.74, 6) is -0.717. The first-order chi connectivity index (χ1) is 27.3. The second-order valence-electron chi connectivity index (χ2n) is 17.5. The van der Waals surface area contributed by atoms with Crippen molar-refractivity contribution in [2.75, 3.05) is 13.1 Å². The summed E-state index contributed by atoms with van der Waals surface area (Å²) in [5, 5.41) is 2.53. The zero-order valence-corrected chi connectivity index (χ0v) is 38.2. The number of halogens is 1. The normalized spacial score (nSPS) is 15.0. The summed E-state index contributed by atoms with van der Waals surface area (Å²) in [6.45, 7) is 17.5. The van der Waals surface area contributed by atoms with Crippen LogP contribution >= 0.6 is 27.3 Å². The summed E-state index contributed by atoms with van der Waals surface area (Å²) >= 11 is 4.82. The number of amides is 1. The van der Waals surface area contributed by atoms with E-state index >= 15 is 0 Å². The Kier molecular flexibility index (Phi) is 12.5. The summed E-state index contributed by atoms with van der Waals surface area (Å²) in [4.78, 5) is 58.5. The number of aryl methyl sites for hydroxylation is 1. The summed E-state index contributed by atoms with van der Waals surface area (Å²) in [7, 11) is -2.79. The molecular formula is C45H54BrN3O7SSi. The molecule has 3 heterocycles. The molecule has 3 aromatic carbocycles. The van der Waals surface area contributed by atoms with Gasteiger partial charge in [0.2, 0.25) is 0 Å². The SMILES string of the molecule is Cc1c(Br)sc2c1c(=O)n(C(C)(C)C(=O)OC(C)(C)C)c(=O)n2C[C@H](OC(=O)N1CCC(O[Si](c2ccccc2)(c2ccccc2)C(C)(C)C)CC1)c1ccccc1. The number of carbonyl (C=O) groups is 2. The van der Waals surface area contributed by atoms with Crippen molar-refractivity contribution in [3.63, 3.8) is 0 Å². The van der Waals surface area contributed by atoms with Crippen LogP contribution in [0.1, 0.15) is 85.5 Å². The molecule has 0 unspecified atom stereocenters. The lowest BCUT2D eigenvalue weighted by molar-refractivity contribution is -0.164. The van der Waals surface area contributed by atoms with Gasteiger partial charge in [-0.1, -0.05) is 112 Å². The molecule has 13 heteroatoms. The number of rotatable bonds is 10. The molecule has 0 N–H and O–H groups in total. The fourth-order valence-corrected chi connectivity index (χ4v) is 14.2. The van der Waals surface area contributed by atoms with Crippen LogP contribution in [0.3, 0.4) is 0 Å². The van der Waals surface area contributed by atoms with Crippen LogP contribution < -0.4 is 21.6 Å². The van der Waals surface area contributed by atoms with Gasteiger partial charge in [-0.25, -0.2) is 19.0 Å². The van der Waals surface area contributed by atoms with Gasteiger partial charge in [-0.3, -0.25) is 9.36 Å². The highest BCUT2D eigenvalue weighted by Crippen LogP contribution is 2.39. The van der Waals surface area contributed by atoms with Crippen molar-refractivity contribution < 1.29 is 23.5 Å². The topological polar surface area (TPSA) is 109 Å². The molecule has 0 radical (unpaired) electrons. The highest BCUT2D eigenvalue weighted by atomic mass is 79.9. The number of ether oxygens (including phenoxy) is 2. The van der Waals surface area contributed by atoms with Gasteiger partial charge in [-0.05, 0) is 96.9 Å². The van der Waals surface area contributed by atoms with E-state index in [9.17, 15) is 19.2 Å². The maximum absolute atomic E-state index is 14.6. The summed E-state index contributed by atoms with van der Waals surface area (Å²) in [6, 6.07) is 30.3. The number of likely N-dealkylation sites (tertiary alicyclic amines) is 1. The standard InChI is InChI=1S/C45H54BrN3O7SSi/c1-30-36-38(50)49(45(8,9)40(51)55-43(2,3)4)41(52)48(39(36)57-37(30)46)29-35(31-19-13-10-14-20-31)54-42(53)47-27-25-32(26-28-47)56-58(44(5,6)7,33-21-15-11-16-22-33)34-23-17-12-18-24-34/h10-24,32,35H,25-29H2,1-9H3/t35-/m0/s1. The van der Waals surface area contributed by atoms with E-state index in [1.54, 1.807) is 32.6 Å². The number of aromatic nitrogens is 2. The highest BCUT2D eigenvalue weighted by molar-refractivity contribution is 9.11. The first-order valence-corrected chi connectivity index (χ1v) is 23.3. The molecule has 308 valence electrons. The zero-order valence-electron chi connectivity index (χ0n) is 34.8. The Morgan fingerprint density at radius 1 is 0.828 bits per heavy atom. The Morgan fingerprint density at radius 2 is 1.34 bits per heavy atom. The van der Waals surface area contributed by atoms with Crippen LogP contribution in [0, 0.1) is 6.92 Å². The van der Waals surface area contributed by atoms with E-state index in [1.807, 2.05) is 42.5 Å². The van der Waals surface area contributed by atoms with E-state index in [0.717, 1.165) is 4.57 Å². The second kappa shape index (κ2) is 16.7. The van der Waals surface area contributed by atoms with Gasteiger partial charge in [-0.15, -0.1) is 11.3 Å². The molecule has 1 aliphatic rings. The number of esters is 1. The molecule has 1 saturated heterocycles. The predicted molar refractivity (Wildman–Crippen MR) is 237 cm³/mol. The minimum absolute atomic E-state index is 0.0815. The van der Waals surface area contributed by atoms with Gasteiger partial charge in [0.05, 0.1) is 15.7 Å². The third-order valence-corrected chi connectivity index (χ3v) is 18.1. The number of hydrogen-bond acceptors (Lipinski definition) is 8. The van der Waals surface area contributed by atoms with Gasteiger partial charge in [0.25, 0.3) is 13.9 Å². The molecule has 10 nitrogen and oxygen atoms in total. The van der Waals surface area contributed by atoms with Crippen molar-refractivity contribution in [3.8, 4) is 0 Å². The number of carbonyl (C=O) groups excluding carboxylic acids is 2. The van der Waals surface area contributed by atoms with Crippen LogP contribution in [0.25, 0.3) is 10.2 Å². The van der Waals surface area contributed by atoms with E-state index in [1.165, 1.54) is 40.1 Å². The summed E-state index contributed by atoms with van der Waals surface area (Å²) < 4.78 is 22.5. The monoisotopic (exact) mass is 887 g/mol. The molecule has 1 amide bonds. The number of fused-ring (bicyclic) bond motifs is 1. The van der Waals surface area contributed by atoms with Crippen LogP contribution in [0.5, 0.6) is 0 Å². The average molecular weight is 889 g/mol. The Balaban J connectivity index is 1.30. The number of piperidine rings is 1. The van der Waals surface area contributed by atoms with Crippen molar-refractivity contribution in [2.24, 2.45) is 0 Å². The molecular weight excluding hydrogens is 835 g/mol. The quantitative estimate of drug-likeness (QED) is 0.103. The van der Waals surface area contributed by atoms with Crippen LogP contribution in [-0.4, -0.2) is 59.2 Å². The van der Waals surface area contributed by atoms with Crippen LogP contribution in [0.15, 0.2) is 104 Å². The number of nitrogens with zero attached hydrogens (tertiary/aromatic N) is 3. The van der Waals surface area contributed by atoms with Crippen molar-refractivity contribution in [2.45, 2.75) is 110 Å². The largest absolute Gasteiger partial charge is 0.458 e. The smallest absolute Gasteiger partial charge is 0.410 e. The van der Waals surface area contributed by atoms with Crippen LogP contribution in [0.4, 0.5) is 4.79 Å². The van der Waals surface area contributed by atoms with Crippen LogP contribution in [-0.2, 0) is 30.8 Å². The van der Waals surface area contributed by atoms with Crippen LogP contribution in [0.2, 0.25) is 5.04 Å². The lowest BCUT2D eigenvalue weighted by Gasteiger charge is -2.46. The molecule has 1 aliphatic heterocycles. The fourth-order valence-electron chi connectivity index (χ4n) is 7.81. The molecule has 2 aromatic heterocycles. The van der Waals surface area contributed by atoms with Gasteiger partial charge in [-0.2, -0.15) is 0 Å². The van der Waals surface area contributed by atoms with Crippen molar-refractivity contribution in [1.29, 1.82) is 0 Å². The molecule has 6 rings (SSSR count). The number of benzene rings is 3. The van der Waals surface area contributed by atoms with Gasteiger partial charge in [0, 0.05) is 19.2 Å². The van der Waals surface area contributed by atoms with Crippen molar-refractivity contribution in [1.82, 2.24) is 14.0 Å². The van der Waals surface area contributed by atoms with Gasteiger partial charge in [0.1, 0.15) is 22.1 Å². The second-order valence-corrected chi connectivity index (χ2v) is 24.1. The van der Waals surface area contributed by atoms with Gasteiger partial charge >= 0.3 is 17.8 Å². The molecule has 58 heavy (non-hydrogen) atoms. The number of hydrogen-bond donors (Lipinski definition) is 0. The van der Waals surface area contributed by atoms with E-state index in [-0.39, 0.29) is 17.7 Å². The molecule has 0 saturated carbocycles. The van der Waals surface area contributed by atoms with E-state index in [4.69, 9.17) is 13.9 Å². The first-order valence-electron chi connectivity index (χ1n) is 19.7. The number of thiophene rings is 1. The zero-order chi connectivity index (χ0) is 42.2. The fraction of sp³-hybridized carbons (Fsp3) is 0.422. The summed E-state index contributed by atoms with van der Waals surface area (Å²) in [6.07, 6.45) is -0.237. The van der Waals surface area contributed by atoms with Crippen molar-refractivity contribution >= 4 is 68.2 Å². The molecule has 0 spiro atoms. The Bertz CT molecular complexity index is 2340. The maximum atomic E-state index is 14.6. The lowest BCUT2D eigenvalue weighted by atomic mass is 10.0. The molecule has 5 aromatic rings. The summed E-state index contributed by atoms with van der Waals surface area (Å²) in [5.41, 5.74) is -2.49. The Hall–Kier alpha value is -4.30. The molecule has 1 atom stereocenters. The predicted octanol–water partition coefficient (Wildman–Crippen LogP) is 8.29. The van der Waals surface area contributed by atoms with Gasteiger partial charge < -0.3 is 18.8 Å². The van der Waals surface area contributed by atoms with E-state index < -0.39 is 48.9 Å². The molecule has 1 fully saturated rings. The first kappa shape index (κ1) is 43.3. The minimum atomic E-state index is -2.79. The van der Waals surface area contributed by atoms with E-state index in [0.29, 0.717) is 51.1 Å². The Labute approximate surface area is 354 Å². The Morgan fingerprint density at radius 3 is 1.84 bits per heavy atom. The highest BCUT2D eigenvalue weighted by Gasteiger charge is 2.51. The molecule has 0 aliphatic carbocycles. The van der Waals surface area contributed by atoms with Crippen molar-refractivity contribution in [3.05, 3.63) is 127 Å². The lowest BCUT2D eigenvalue weighted by Crippen LogP contribution is -2.68. The van der Waals surface area contributed by atoms with Gasteiger partial charge in [0.15, 0.2) is 0 Å². The third-order valence-electron chi connectivity index (χ3n) is 10.8. The minimum Gasteiger partial charge on any atom is -0.458 e.